The van der Waals surface area contributed by atoms with Gasteiger partial charge in [-0.25, -0.2) is 0 Å². The molecule has 0 radical (unpaired) electrons. The summed E-state index contributed by atoms with van der Waals surface area (Å²) >= 11 is 1.86. The molecule has 0 N–H and O–H groups in total. The molecule has 0 saturated carbocycles. The molecule has 0 fully saturated rings. The van der Waals surface area contributed by atoms with Crippen LogP contribution in [-0.4, -0.2) is 28.6 Å². The van der Waals surface area contributed by atoms with Crippen LogP contribution >= 0.6 is 11.8 Å². The highest BCUT2D eigenvalue weighted by atomic mass is 32.2. The second-order valence-corrected chi connectivity index (χ2v) is 7.51. The maximum absolute atomic E-state index is 9.44. The van der Waals surface area contributed by atoms with Crippen LogP contribution < -0.4 is 0 Å². The number of nitriles is 1. The lowest BCUT2D eigenvalue weighted by Gasteiger charge is -2.38. The van der Waals surface area contributed by atoms with Gasteiger partial charge in [0.05, 0.1) is 17.7 Å². The molecule has 3 rings (SSSR count). The Hall–Kier alpha value is -1.47. The van der Waals surface area contributed by atoms with Gasteiger partial charge in [-0.05, 0) is 32.9 Å². The molecule has 0 aliphatic carbocycles. The number of hydrazone groups is 1. The molecular formula is C15H17N3S. The van der Waals surface area contributed by atoms with E-state index in [4.69, 9.17) is 0 Å². The van der Waals surface area contributed by atoms with Gasteiger partial charge in [0.15, 0.2) is 0 Å². The van der Waals surface area contributed by atoms with Crippen molar-refractivity contribution in [3.63, 3.8) is 0 Å². The van der Waals surface area contributed by atoms with E-state index in [1.807, 2.05) is 23.8 Å². The zero-order valence-corrected chi connectivity index (χ0v) is 12.5. The predicted molar refractivity (Wildman–Crippen MR) is 78.3 cm³/mol. The minimum absolute atomic E-state index is 0.00769. The first-order chi connectivity index (χ1) is 8.94. The maximum atomic E-state index is 9.44. The van der Waals surface area contributed by atoms with Crippen LogP contribution in [0.15, 0.2) is 28.2 Å². The van der Waals surface area contributed by atoms with Gasteiger partial charge in [0.2, 0.25) is 0 Å². The molecule has 0 saturated heterocycles. The lowest BCUT2D eigenvalue weighted by Crippen LogP contribution is -2.44. The lowest BCUT2D eigenvalue weighted by molar-refractivity contribution is 0.280. The molecule has 2 aliphatic rings. The normalized spacial score (nSPS) is 27.3. The van der Waals surface area contributed by atoms with Crippen LogP contribution in [0.25, 0.3) is 0 Å². The number of benzene rings is 1. The topological polar surface area (TPSA) is 39.4 Å². The highest BCUT2D eigenvalue weighted by molar-refractivity contribution is 8.00. The molecule has 1 aromatic carbocycles. The molecule has 2 aliphatic heterocycles. The Morgan fingerprint density at radius 3 is 2.84 bits per heavy atom. The second-order valence-electron chi connectivity index (χ2n) is 5.82. The highest BCUT2D eigenvalue weighted by Crippen LogP contribution is 2.50. The van der Waals surface area contributed by atoms with Crippen molar-refractivity contribution in [3.05, 3.63) is 29.3 Å². The van der Waals surface area contributed by atoms with Gasteiger partial charge in [-0.2, -0.15) is 10.4 Å². The number of rotatable bonds is 0. The Bertz CT molecular complexity index is 612. The molecule has 0 spiro atoms. The molecule has 0 unspecified atom stereocenters. The van der Waals surface area contributed by atoms with E-state index in [2.05, 4.69) is 50.1 Å². The summed E-state index contributed by atoms with van der Waals surface area (Å²) in [6, 6.07) is 8.76. The Morgan fingerprint density at radius 1 is 1.42 bits per heavy atom. The molecule has 0 aromatic heterocycles. The molecule has 0 amide bonds. The summed E-state index contributed by atoms with van der Waals surface area (Å²) in [4.78, 5) is 1.28. The Morgan fingerprint density at radius 2 is 2.16 bits per heavy atom. The van der Waals surface area contributed by atoms with Crippen LogP contribution in [0.3, 0.4) is 0 Å². The van der Waals surface area contributed by atoms with Gasteiger partial charge in [-0.1, -0.05) is 11.6 Å². The zero-order valence-electron chi connectivity index (χ0n) is 11.6. The monoisotopic (exact) mass is 271 g/mol. The third kappa shape index (κ3) is 1.76. The van der Waals surface area contributed by atoms with E-state index in [1.54, 1.807) is 0 Å². The third-order valence-corrected chi connectivity index (χ3v) is 5.30. The van der Waals surface area contributed by atoms with Crippen LogP contribution in [0.4, 0.5) is 0 Å². The lowest BCUT2D eigenvalue weighted by atomic mass is 9.81. The van der Waals surface area contributed by atoms with E-state index >= 15 is 0 Å². The minimum atomic E-state index is -0.161. The number of hydrogen-bond acceptors (Lipinski definition) is 4. The molecule has 1 aromatic rings. The van der Waals surface area contributed by atoms with Crippen LogP contribution in [0.5, 0.6) is 0 Å². The van der Waals surface area contributed by atoms with Crippen molar-refractivity contribution >= 4 is 17.5 Å². The number of hydrogen-bond donors (Lipinski definition) is 0. The Labute approximate surface area is 118 Å². The summed E-state index contributed by atoms with van der Waals surface area (Å²) in [5.74, 6) is 0.168. The van der Waals surface area contributed by atoms with E-state index in [-0.39, 0.29) is 16.7 Å². The Balaban J connectivity index is 2.20. The molecule has 19 heavy (non-hydrogen) atoms. The van der Waals surface area contributed by atoms with Crippen molar-refractivity contribution in [1.82, 2.24) is 5.01 Å². The molecule has 0 bridgehead atoms. The first-order valence-corrected chi connectivity index (χ1v) is 7.26. The van der Waals surface area contributed by atoms with E-state index in [0.717, 1.165) is 5.71 Å². The van der Waals surface area contributed by atoms with E-state index in [1.165, 1.54) is 16.0 Å². The molecule has 3 nitrogen and oxygen atoms in total. The van der Waals surface area contributed by atoms with Gasteiger partial charge in [-0.15, -0.1) is 11.8 Å². The number of aryl methyl sites for hydroxylation is 1. The van der Waals surface area contributed by atoms with Crippen molar-refractivity contribution in [2.45, 2.75) is 36.5 Å². The number of nitrogens with zero attached hydrogens (tertiary/aromatic N) is 3. The smallest absolute Gasteiger partial charge is 0.143 e. The average molecular weight is 271 g/mol. The van der Waals surface area contributed by atoms with Gasteiger partial charge in [0.1, 0.15) is 6.04 Å². The van der Waals surface area contributed by atoms with Crippen LogP contribution in [-0.2, 0) is 0 Å². The summed E-state index contributed by atoms with van der Waals surface area (Å²) in [5.41, 5.74) is 3.53. The summed E-state index contributed by atoms with van der Waals surface area (Å²) in [6.07, 6.45) is 0. The van der Waals surface area contributed by atoms with Crippen molar-refractivity contribution in [2.75, 3.05) is 7.05 Å². The SMILES string of the molecule is Cc1ccc2c(c1)C1=NN(C)[C@H](C#N)[C@@H]1C(C)(C)S2. The Kier molecular flexibility index (Phi) is 2.65. The van der Waals surface area contributed by atoms with Crippen molar-refractivity contribution in [2.24, 2.45) is 11.0 Å². The largest absolute Gasteiger partial charge is 0.282 e. The number of thioether (sulfide) groups is 1. The van der Waals surface area contributed by atoms with E-state index < -0.39 is 0 Å². The van der Waals surface area contributed by atoms with Crippen LogP contribution in [0, 0.1) is 24.2 Å². The summed E-state index contributed by atoms with van der Waals surface area (Å²) in [7, 11) is 1.90. The van der Waals surface area contributed by atoms with Gasteiger partial charge >= 0.3 is 0 Å². The molecule has 98 valence electrons. The number of fused-ring (bicyclic) bond motifs is 3. The highest BCUT2D eigenvalue weighted by Gasteiger charge is 2.49. The van der Waals surface area contributed by atoms with Gasteiger partial charge < -0.3 is 0 Å². The third-order valence-electron chi connectivity index (χ3n) is 3.94. The molecular weight excluding hydrogens is 254 g/mol. The predicted octanol–water partition coefficient (Wildman–Crippen LogP) is 3.04. The molecule has 2 atom stereocenters. The fourth-order valence-electron chi connectivity index (χ4n) is 3.03. The van der Waals surface area contributed by atoms with Crippen molar-refractivity contribution in [1.29, 1.82) is 5.26 Å². The van der Waals surface area contributed by atoms with Gasteiger partial charge in [0, 0.05) is 22.3 Å². The summed E-state index contributed by atoms with van der Waals surface area (Å²) in [5, 5.41) is 15.9. The van der Waals surface area contributed by atoms with Gasteiger partial charge in [0.25, 0.3) is 0 Å². The average Bonchev–Trinajstić information content (AvgIpc) is 2.68. The van der Waals surface area contributed by atoms with Crippen molar-refractivity contribution < 1.29 is 0 Å². The standard InChI is InChI=1S/C15H17N3S/c1-9-5-6-12-10(7-9)14-13(15(2,3)19-12)11(8-16)18(4)17-14/h5-7,11,13H,1-4H3/t11-,13+/m1/s1. The maximum Gasteiger partial charge on any atom is 0.143 e. The fourth-order valence-corrected chi connectivity index (χ4v) is 4.37. The fraction of sp³-hybridized carbons (Fsp3) is 0.467. The summed E-state index contributed by atoms with van der Waals surface area (Å²) < 4.78 is -0.00769. The first-order valence-electron chi connectivity index (χ1n) is 6.45. The van der Waals surface area contributed by atoms with E-state index in [0.29, 0.717) is 0 Å². The minimum Gasteiger partial charge on any atom is -0.282 e. The quantitative estimate of drug-likeness (QED) is 0.728. The van der Waals surface area contributed by atoms with Crippen LogP contribution in [0.1, 0.15) is 25.0 Å². The van der Waals surface area contributed by atoms with Gasteiger partial charge in [-0.3, -0.25) is 5.01 Å². The molecule has 2 heterocycles. The van der Waals surface area contributed by atoms with Crippen LogP contribution in [0.2, 0.25) is 0 Å². The first kappa shape index (κ1) is 12.6. The molecule has 4 heteroatoms. The van der Waals surface area contributed by atoms with Crippen molar-refractivity contribution in [3.8, 4) is 6.07 Å². The second kappa shape index (κ2) is 4.01. The summed E-state index contributed by atoms with van der Waals surface area (Å²) in [6.45, 7) is 6.52. The van der Waals surface area contributed by atoms with E-state index in [9.17, 15) is 5.26 Å². The zero-order chi connectivity index (χ0) is 13.8.